The van der Waals surface area contributed by atoms with Crippen LogP contribution in [-0.2, 0) is 16.3 Å². The highest BCUT2D eigenvalue weighted by Gasteiger charge is 2.17. The van der Waals surface area contributed by atoms with Gasteiger partial charge < -0.3 is 15.5 Å². The third kappa shape index (κ3) is 6.20. The van der Waals surface area contributed by atoms with Gasteiger partial charge in [0.2, 0.25) is 9.84 Å². The maximum atomic E-state index is 12.6. The Balaban J connectivity index is 0.00000320. The number of halogens is 2. The van der Waals surface area contributed by atoms with E-state index in [1.54, 1.807) is 42.5 Å². The fraction of sp³-hybridized carbons (Fsp3) is 0.182. The van der Waals surface area contributed by atoms with Crippen LogP contribution < -0.4 is 5.32 Å². The fourth-order valence-electron chi connectivity index (χ4n) is 2.90. The lowest BCUT2D eigenvalue weighted by Gasteiger charge is -2.12. The first-order valence-corrected chi connectivity index (χ1v) is 11.0. The zero-order valence-electron chi connectivity index (χ0n) is 16.0. The average molecular weight is 468 g/mol. The second-order valence-corrected chi connectivity index (χ2v) is 9.05. The summed E-state index contributed by atoms with van der Waals surface area (Å²) in [5, 5.41) is 23.3. The molecule has 0 radical (unpaired) electrons. The molecule has 3 aromatic rings. The molecule has 3 N–H and O–H groups in total. The second kappa shape index (κ2) is 10.8. The Kier molecular flexibility index (Phi) is 8.70. The molecule has 0 saturated heterocycles. The normalized spacial score (nSPS) is 12.2. The summed E-state index contributed by atoms with van der Waals surface area (Å²) >= 11 is 5.94. The second-order valence-electron chi connectivity index (χ2n) is 6.67. The van der Waals surface area contributed by atoms with E-state index < -0.39 is 15.9 Å². The molecule has 0 fully saturated rings. The van der Waals surface area contributed by atoms with Crippen molar-refractivity contribution in [2.24, 2.45) is 0 Å². The molecule has 5 nitrogen and oxygen atoms in total. The van der Waals surface area contributed by atoms with Gasteiger partial charge in [0.15, 0.2) is 0 Å². The molecule has 0 bridgehead atoms. The summed E-state index contributed by atoms with van der Waals surface area (Å²) in [6.45, 7) is 1.04. The smallest absolute Gasteiger partial charge is 0.206 e. The maximum absolute atomic E-state index is 12.6. The lowest BCUT2D eigenvalue weighted by atomic mass is 10.1. The van der Waals surface area contributed by atoms with Crippen molar-refractivity contribution in [3.05, 3.63) is 88.9 Å². The van der Waals surface area contributed by atoms with Gasteiger partial charge >= 0.3 is 0 Å². The molecule has 30 heavy (non-hydrogen) atoms. The van der Waals surface area contributed by atoms with Gasteiger partial charge in [0, 0.05) is 11.6 Å². The van der Waals surface area contributed by atoms with E-state index in [0.717, 1.165) is 11.1 Å². The molecule has 8 heteroatoms. The molecule has 0 aromatic heterocycles. The zero-order valence-corrected chi connectivity index (χ0v) is 18.4. The van der Waals surface area contributed by atoms with Gasteiger partial charge in [-0.2, -0.15) is 0 Å². The van der Waals surface area contributed by atoms with E-state index in [0.29, 0.717) is 24.5 Å². The number of hydrogen-bond acceptors (Lipinski definition) is 5. The van der Waals surface area contributed by atoms with Gasteiger partial charge in [-0.15, -0.1) is 12.4 Å². The molecule has 0 amide bonds. The van der Waals surface area contributed by atoms with Crippen molar-refractivity contribution in [2.45, 2.75) is 22.3 Å². The molecule has 0 aliphatic heterocycles. The molecule has 160 valence electrons. The lowest BCUT2D eigenvalue weighted by Crippen LogP contribution is -2.23. The van der Waals surface area contributed by atoms with Crippen molar-refractivity contribution >= 4 is 33.8 Å². The summed E-state index contributed by atoms with van der Waals surface area (Å²) < 4.78 is 25.2. The lowest BCUT2D eigenvalue weighted by molar-refractivity contribution is 0.175. The standard InChI is InChI=1S/C22H22ClNO4S.ClH/c23-18-3-1-2-17(14-18)22(26)15-24-13-12-16-4-8-20(9-5-16)29(27,28)21-10-6-19(25)7-11-21;/h1-11,14,22,24-26H,12-13,15H2;1H/t22-;/m1./s1. The summed E-state index contributed by atoms with van der Waals surface area (Å²) in [6.07, 6.45) is 0.0495. The molecule has 0 heterocycles. The van der Waals surface area contributed by atoms with Crippen LogP contribution in [-0.4, -0.2) is 31.7 Å². The van der Waals surface area contributed by atoms with Crippen molar-refractivity contribution < 1.29 is 18.6 Å². The number of aliphatic hydroxyl groups excluding tert-OH is 1. The van der Waals surface area contributed by atoms with Crippen LogP contribution in [0.3, 0.4) is 0 Å². The van der Waals surface area contributed by atoms with Crippen LogP contribution in [0.2, 0.25) is 5.02 Å². The van der Waals surface area contributed by atoms with Crippen LogP contribution in [0.4, 0.5) is 0 Å². The van der Waals surface area contributed by atoms with Crippen molar-refractivity contribution in [1.29, 1.82) is 0 Å². The minimum absolute atomic E-state index is 0. The third-order valence-corrected chi connectivity index (χ3v) is 6.56. The van der Waals surface area contributed by atoms with Crippen molar-refractivity contribution in [3.63, 3.8) is 0 Å². The number of phenolic OH excluding ortho intramolecular Hbond substituents is 1. The molecule has 3 rings (SSSR count). The number of hydrogen-bond donors (Lipinski definition) is 3. The monoisotopic (exact) mass is 467 g/mol. The number of nitrogens with one attached hydrogen (secondary N) is 1. The highest BCUT2D eigenvalue weighted by Crippen LogP contribution is 2.23. The van der Waals surface area contributed by atoms with E-state index in [1.165, 1.54) is 24.3 Å². The molecule has 0 saturated carbocycles. The first-order chi connectivity index (χ1) is 13.9. The Morgan fingerprint density at radius 1 is 0.933 bits per heavy atom. The summed E-state index contributed by atoms with van der Waals surface area (Å²) in [5.74, 6) is 0.0206. The van der Waals surface area contributed by atoms with E-state index in [2.05, 4.69) is 5.32 Å². The minimum Gasteiger partial charge on any atom is -0.508 e. The largest absolute Gasteiger partial charge is 0.508 e. The molecule has 0 aliphatic rings. The molecule has 0 unspecified atom stereocenters. The van der Waals surface area contributed by atoms with Crippen LogP contribution in [0.25, 0.3) is 0 Å². The van der Waals surface area contributed by atoms with Crippen LogP contribution in [0, 0.1) is 0 Å². The number of benzene rings is 3. The Morgan fingerprint density at radius 3 is 2.13 bits per heavy atom. The summed E-state index contributed by atoms with van der Waals surface area (Å²) in [4.78, 5) is 0.344. The molecule has 1 atom stereocenters. The number of sulfone groups is 1. The highest BCUT2D eigenvalue weighted by molar-refractivity contribution is 7.91. The summed E-state index contributed by atoms with van der Waals surface area (Å²) in [7, 11) is -3.61. The first-order valence-electron chi connectivity index (χ1n) is 9.13. The first kappa shape index (κ1) is 24.2. The predicted molar refractivity (Wildman–Crippen MR) is 120 cm³/mol. The van der Waals surface area contributed by atoms with Crippen LogP contribution in [0.5, 0.6) is 5.75 Å². The Morgan fingerprint density at radius 2 is 1.53 bits per heavy atom. The van der Waals surface area contributed by atoms with E-state index in [-0.39, 0.29) is 27.9 Å². The number of aromatic hydroxyl groups is 1. The van der Waals surface area contributed by atoms with Gasteiger partial charge in [0.25, 0.3) is 0 Å². The van der Waals surface area contributed by atoms with Crippen LogP contribution in [0.15, 0.2) is 82.6 Å². The Hall–Kier alpha value is -2.09. The van der Waals surface area contributed by atoms with Gasteiger partial charge in [0.05, 0.1) is 15.9 Å². The average Bonchev–Trinajstić information content (AvgIpc) is 2.72. The summed E-state index contributed by atoms with van der Waals surface area (Å²) in [6, 6.07) is 19.3. The van der Waals surface area contributed by atoms with Gasteiger partial charge in [-0.3, -0.25) is 0 Å². The van der Waals surface area contributed by atoms with Gasteiger partial charge in [-0.1, -0.05) is 35.9 Å². The van der Waals surface area contributed by atoms with E-state index >= 15 is 0 Å². The van der Waals surface area contributed by atoms with Crippen LogP contribution in [0.1, 0.15) is 17.2 Å². The van der Waals surface area contributed by atoms with E-state index in [4.69, 9.17) is 11.6 Å². The molecule has 3 aromatic carbocycles. The fourth-order valence-corrected chi connectivity index (χ4v) is 4.36. The van der Waals surface area contributed by atoms with Gasteiger partial charge in [-0.25, -0.2) is 8.42 Å². The molecular weight excluding hydrogens is 445 g/mol. The van der Waals surface area contributed by atoms with E-state index in [9.17, 15) is 18.6 Å². The van der Waals surface area contributed by atoms with Gasteiger partial charge in [0.1, 0.15) is 5.75 Å². The highest BCUT2D eigenvalue weighted by atomic mass is 35.5. The Bertz CT molecular complexity index is 1060. The van der Waals surface area contributed by atoms with E-state index in [1.807, 2.05) is 6.07 Å². The maximum Gasteiger partial charge on any atom is 0.206 e. The zero-order chi connectivity index (χ0) is 20.9. The minimum atomic E-state index is -3.61. The summed E-state index contributed by atoms with van der Waals surface area (Å²) in [5.41, 5.74) is 1.74. The van der Waals surface area contributed by atoms with Crippen LogP contribution >= 0.6 is 24.0 Å². The van der Waals surface area contributed by atoms with Crippen molar-refractivity contribution in [2.75, 3.05) is 13.1 Å². The number of rotatable bonds is 8. The molecule has 0 aliphatic carbocycles. The number of aliphatic hydroxyl groups is 1. The third-order valence-electron chi connectivity index (χ3n) is 4.54. The SMILES string of the molecule is Cl.O=S(=O)(c1ccc(O)cc1)c1ccc(CCNC[C@@H](O)c2cccc(Cl)c2)cc1. The van der Waals surface area contributed by atoms with Crippen molar-refractivity contribution in [1.82, 2.24) is 5.32 Å². The number of phenols is 1. The quantitative estimate of drug-likeness (QED) is 0.432. The topological polar surface area (TPSA) is 86.6 Å². The van der Waals surface area contributed by atoms with Gasteiger partial charge in [-0.05, 0) is 72.6 Å². The molecular formula is C22H23Cl2NO4S. The predicted octanol–water partition coefficient (Wildman–Crippen LogP) is 4.17. The molecule has 0 spiro atoms. The Labute approximate surface area is 187 Å². The van der Waals surface area contributed by atoms with Crippen molar-refractivity contribution in [3.8, 4) is 5.75 Å².